The zero-order valence-electron chi connectivity index (χ0n) is 8.26. The van der Waals surface area contributed by atoms with Gasteiger partial charge in [-0.05, 0) is 18.9 Å². The summed E-state index contributed by atoms with van der Waals surface area (Å²) in [5, 5.41) is 0.723. The van der Waals surface area contributed by atoms with Gasteiger partial charge >= 0.3 is 0 Å². The molecule has 1 saturated heterocycles. The number of hydrogen-bond acceptors (Lipinski definition) is 2. The average molecular weight is 204 g/mol. The van der Waals surface area contributed by atoms with Gasteiger partial charge in [0, 0.05) is 24.7 Å². The highest BCUT2D eigenvalue weighted by atomic mass is 35.5. The molecule has 0 unspecified atom stereocenters. The second-order valence-corrected chi connectivity index (χ2v) is 4.11. The molecule has 1 aliphatic rings. The van der Waals surface area contributed by atoms with Crippen molar-refractivity contribution >= 4 is 11.6 Å². The van der Waals surface area contributed by atoms with Gasteiger partial charge in [0.05, 0.1) is 6.61 Å². The highest BCUT2D eigenvalue weighted by Crippen LogP contribution is 2.14. The maximum absolute atomic E-state index is 5.77. The molecule has 3 heteroatoms. The molecular weight excluding hydrogens is 186 g/mol. The molecule has 0 aromatic heterocycles. The Bertz CT molecular complexity index is 166. The summed E-state index contributed by atoms with van der Waals surface area (Å²) in [6, 6.07) is 0. The van der Waals surface area contributed by atoms with E-state index in [1.54, 1.807) is 0 Å². The van der Waals surface area contributed by atoms with Gasteiger partial charge in [0.15, 0.2) is 0 Å². The predicted octanol–water partition coefficient (Wildman–Crippen LogP) is 2.10. The monoisotopic (exact) mass is 203 g/mol. The van der Waals surface area contributed by atoms with Crippen LogP contribution in [0, 0.1) is 5.92 Å². The molecule has 13 heavy (non-hydrogen) atoms. The first-order chi connectivity index (χ1) is 6.22. The van der Waals surface area contributed by atoms with Crippen LogP contribution in [-0.4, -0.2) is 37.7 Å². The molecule has 0 aromatic rings. The van der Waals surface area contributed by atoms with E-state index < -0.39 is 0 Å². The van der Waals surface area contributed by atoms with Crippen LogP contribution in [0.1, 0.15) is 13.3 Å². The second-order valence-electron chi connectivity index (χ2n) is 3.57. The lowest BCUT2D eigenvalue weighted by Gasteiger charge is -2.22. The maximum atomic E-state index is 5.77. The Morgan fingerprint density at radius 3 is 2.92 bits per heavy atom. The predicted molar refractivity (Wildman–Crippen MR) is 56.0 cm³/mol. The van der Waals surface area contributed by atoms with Gasteiger partial charge in [-0.3, -0.25) is 4.90 Å². The minimum atomic E-state index is 0.691. The lowest BCUT2D eigenvalue weighted by atomic mass is 10.1. The van der Waals surface area contributed by atoms with Crippen molar-refractivity contribution in [3.05, 3.63) is 11.6 Å². The Hall–Kier alpha value is -0.0500. The molecule has 2 nitrogen and oxygen atoms in total. The fourth-order valence-corrected chi connectivity index (χ4v) is 1.81. The van der Waals surface area contributed by atoms with E-state index in [-0.39, 0.29) is 0 Å². The van der Waals surface area contributed by atoms with Crippen molar-refractivity contribution in [3.63, 3.8) is 0 Å². The maximum Gasteiger partial charge on any atom is 0.0507 e. The fraction of sp³-hybridized carbons (Fsp3) is 0.800. The normalized spacial score (nSPS) is 22.5. The highest BCUT2D eigenvalue weighted by Gasteiger charge is 2.18. The average Bonchev–Trinajstić information content (AvgIpc) is 2.55. The van der Waals surface area contributed by atoms with Crippen LogP contribution in [0.25, 0.3) is 0 Å². The van der Waals surface area contributed by atoms with Crippen LogP contribution in [0.3, 0.4) is 0 Å². The molecule has 0 bridgehead atoms. The second kappa shape index (κ2) is 5.63. The Labute approximate surface area is 85.5 Å². The van der Waals surface area contributed by atoms with Crippen LogP contribution in [-0.2, 0) is 4.74 Å². The number of halogens is 1. The Morgan fingerprint density at radius 2 is 2.46 bits per heavy atom. The van der Waals surface area contributed by atoms with Gasteiger partial charge in [-0.2, -0.15) is 0 Å². The molecule has 0 saturated carbocycles. The van der Waals surface area contributed by atoms with Gasteiger partial charge in [-0.15, -0.1) is 0 Å². The third kappa shape index (κ3) is 4.12. The molecule has 1 fully saturated rings. The molecule has 0 N–H and O–H groups in total. The minimum absolute atomic E-state index is 0.691. The Balaban J connectivity index is 2.25. The minimum Gasteiger partial charge on any atom is -0.381 e. The molecule has 1 rings (SSSR count). The first-order valence-corrected chi connectivity index (χ1v) is 5.23. The SMILES string of the molecule is C=C(Cl)CN(CC)C[C@H]1CCOC1. The summed E-state index contributed by atoms with van der Waals surface area (Å²) >= 11 is 5.77. The van der Waals surface area contributed by atoms with E-state index in [2.05, 4.69) is 18.4 Å². The molecule has 0 spiro atoms. The van der Waals surface area contributed by atoms with Gasteiger partial charge in [0.2, 0.25) is 0 Å². The van der Waals surface area contributed by atoms with E-state index in [0.29, 0.717) is 5.92 Å². The van der Waals surface area contributed by atoms with Crippen LogP contribution in [0.5, 0.6) is 0 Å². The zero-order chi connectivity index (χ0) is 9.68. The van der Waals surface area contributed by atoms with Gasteiger partial charge in [-0.25, -0.2) is 0 Å². The zero-order valence-corrected chi connectivity index (χ0v) is 9.02. The molecule has 1 atom stereocenters. The molecule has 0 radical (unpaired) electrons. The number of likely N-dealkylation sites (N-methyl/N-ethyl adjacent to an activating group) is 1. The van der Waals surface area contributed by atoms with Crippen LogP contribution < -0.4 is 0 Å². The highest BCUT2D eigenvalue weighted by molar-refractivity contribution is 6.29. The van der Waals surface area contributed by atoms with Crippen LogP contribution in [0.4, 0.5) is 0 Å². The van der Waals surface area contributed by atoms with E-state index in [1.807, 2.05) is 0 Å². The smallest absolute Gasteiger partial charge is 0.0507 e. The van der Waals surface area contributed by atoms with E-state index in [1.165, 1.54) is 6.42 Å². The van der Waals surface area contributed by atoms with Crippen molar-refractivity contribution in [2.75, 3.05) is 32.8 Å². The summed E-state index contributed by atoms with van der Waals surface area (Å²) in [5.41, 5.74) is 0. The first-order valence-electron chi connectivity index (χ1n) is 4.85. The van der Waals surface area contributed by atoms with E-state index in [9.17, 15) is 0 Å². The summed E-state index contributed by atoms with van der Waals surface area (Å²) in [4.78, 5) is 2.31. The standard InChI is InChI=1S/C10H18ClNO/c1-3-12(6-9(2)11)7-10-4-5-13-8-10/h10H,2-8H2,1H3/t10-/m1/s1. The van der Waals surface area contributed by atoms with Crippen molar-refractivity contribution in [1.29, 1.82) is 0 Å². The number of hydrogen-bond donors (Lipinski definition) is 0. The van der Waals surface area contributed by atoms with Crippen LogP contribution in [0.2, 0.25) is 0 Å². The van der Waals surface area contributed by atoms with Crippen molar-refractivity contribution in [3.8, 4) is 0 Å². The summed E-state index contributed by atoms with van der Waals surface area (Å²) in [6.07, 6.45) is 1.19. The summed E-state index contributed by atoms with van der Waals surface area (Å²) in [7, 11) is 0. The van der Waals surface area contributed by atoms with Crippen molar-refractivity contribution < 1.29 is 4.74 Å². The third-order valence-electron chi connectivity index (χ3n) is 2.38. The van der Waals surface area contributed by atoms with Gasteiger partial charge in [-0.1, -0.05) is 25.1 Å². The molecule has 76 valence electrons. The van der Waals surface area contributed by atoms with E-state index in [0.717, 1.165) is 37.9 Å². The van der Waals surface area contributed by atoms with Gasteiger partial charge < -0.3 is 4.74 Å². The summed E-state index contributed by atoms with van der Waals surface area (Å²) in [5.74, 6) is 0.691. The summed E-state index contributed by atoms with van der Waals surface area (Å²) < 4.78 is 5.33. The molecule has 0 amide bonds. The van der Waals surface area contributed by atoms with Gasteiger partial charge in [0.25, 0.3) is 0 Å². The molecule has 0 aromatic carbocycles. The molecule has 0 aliphatic carbocycles. The lowest BCUT2D eigenvalue weighted by molar-refractivity contribution is 0.172. The molecular formula is C10H18ClNO. The quantitative estimate of drug-likeness (QED) is 0.679. The number of nitrogens with zero attached hydrogens (tertiary/aromatic N) is 1. The van der Waals surface area contributed by atoms with Crippen molar-refractivity contribution in [2.45, 2.75) is 13.3 Å². The van der Waals surface area contributed by atoms with E-state index >= 15 is 0 Å². The Morgan fingerprint density at radius 1 is 1.69 bits per heavy atom. The first kappa shape index (κ1) is 11.0. The molecule has 1 aliphatic heterocycles. The fourth-order valence-electron chi connectivity index (χ4n) is 1.64. The molecule has 1 heterocycles. The lowest BCUT2D eigenvalue weighted by Crippen LogP contribution is -2.30. The van der Waals surface area contributed by atoms with Crippen molar-refractivity contribution in [1.82, 2.24) is 4.90 Å². The summed E-state index contributed by atoms with van der Waals surface area (Å²) in [6.45, 7) is 10.6. The largest absolute Gasteiger partial charge is 0.381 e. The van der Waals surface area contributed by atoms with E-state index in [4.69, 9.17) is 16.3 Å². The van der Waals surface area contributed by atoms with Gasteiger partial charge in [0.1, 0.15) is 0 Å². The third-order valence-corrected chi connectivity index (χ3v) is 2.50. The Kier molecular flexibility index (Phi) is 4.78. The number of ether oxygens (including phenoxy) is 1. The number of rotatable bonds is 5. The van der Waals surface area contributed by atoms with Crippen LogP contribution >= 0.6 is 11.6 Å². The van der Waals surface area contributed by atoms with Crippen LogP contribution in [0.15, 0.2) is 11.6 Å². The van der Waals surface area contributed by atoms with Crippen molar-refractivity contribution in [2.24, 2.45) is 5.92 Å². The topological polar surface area (TPSA) is 12.5 Å².